The predicted molar refractivity (Wildman–Crippen MR) is 99.6 cm³/mol. The fourth-order valence-corrected chi connectivity index (χ4v) is 5.35. The molecule has 138 valence electrons. The van der Waals surface area contributed by atoms with Gasteiger partial charge in [0.2, 0.25) is 10.0 Å². The Morgan fingerprint density at radius 3 is 2.81 bits per heavy atom. The van der Waals surface area contributed by atoms with Crippen LogP contribution in [0.25, 0.3) is 0 Å². The Morgan fingerprint density at radius 1 is 1.23 bits per heavy atom. The van der Waals surface area contributed by atoms with Crippen molar-refractivity contribution in [1.82, 2.24) is 19.6 Å². The molecule has 26 heavy (non-hydrogen) atoms. The van der Waals surface area contributed by atoms with Crippen LogP contribution in [-0.2, 0) is 23.0 Å². The zero-order valence-electron chi connectivity index (χ0n) is 14.4. The van der Waals surface area contributed by atoms with Gasteiger partial charge < -0.3 is 5.32 Å². The summed E-state index contributed by atoms with van der Waals surface area (Å²) in [6.45, 7) is 2.72. The van der Waals surface area contributed by atoms with Crippen LogP contribution in [0, 0.1) is 0 Å². The summed E-state index contributed by atoms with van der Waals surface area (Å²) < 4.78 is 27.1. The first-order valence-corrected chi connectivity index (χ1v) is 10.7. The molecular formula is C18H21ClN4O2S. The second-order valence-electron chi connectivity index (χ2n) is 6.76. The Labute approximate surface area is 158 Å². The summed E-state index contributed by atoms with van der Waals surface area (Å²) in [5.74, 6) is 1.06. The number of hydrogen-bond donors (Lipinski definition) is 1. The zero-order chi connectivity index (χ0) is 18.1. The largest absolute Gasteiger partial charge is 0.312 e. The Balaban J connectivity index is 1.47. The van der Waals surface area contributed by atoms with Gasteiger partial charge in [-0.3, -0.25) is 0 Å². The molecule has 1 saturated heterocycles. The SMILES string of the molecule is O=S(=O)(c1cccc(Cl)c1)N1CCC(c2ncc3c(n2)CCNC3)CC1. The fourth-order valence-electron chi connectivity index (χ4n) is 3.58. The van der Waals surface area contributed by atoms with E-state index in [0.717, 1.165) is 43.9 Å². The number of nitrogens with one attached hydrogen (secondary N) is 1. The van der Waals surface area contributed by atoms with Crippen LogP contribution >= 0.6 is 11.6 Å². The highest BCUT2D eigenvalue weighted by atomic mass is 35.5. The predicted octanol–water partition coefficient (Wildman–Crippen LogP) is 2.34. The van der Waals surface area contributed by atoms with Crippen LogP contribution in [0.1, 0.15) is 35.8 Å². The number of halogens is 1. The number of sulfonamides is 1. The molecular weight excluding hydrogens is 372 g/mol. The van der Waals surface area contributed by atoms with Crippen molar-refractivity contribution in [2.75, 3.05) is 19.6 Å². The average Bonchev–Trinajstić information content (AvgIpc) is 2.68. The monoisotopic (exact) mass is 392 g/mol. The highest BCUT2D eigenvalue weighted by Crippen LogP contribution is 2.30. The molecule has 3 heterocycles. The molecule has 0 bridgehead atoms. The standard InChI is InChI=1S/C18H21ClN4O2S/c19-15-2-1-3-16(10-15)26(24,25)23-8-5-13(6-9-23)18-21-12-14-11-20-7-4-17(14)22-18/h1-3,10,12-13,20H,4-9,11H2. The first-order chi connectivity index (χ1) is 12.5. The van der Waals surface area contributed by atoms with Crippen LogP contribution < -0.4 is 5.32 Å². The quantitative estimate of drug-likeness (QED) is 0.867. The van der Waals surface area contributed by atoms with Gasteiger partial charge >= 0.3 is 0 Å². The molecule has 1 fully saturated rings. The third-order valence-electron chi connectivity index (χ3n) is 5.08. The van der Waals surface area contributed by atoms with E-state index in [1.165, 1.54) is 15.9 Å². The first kappa shape index (κ1) is 17.9. The summed E-state index contributed by atoms with van der Waals surface area (Å²) in [5.41, 5.74) is 2.30. The van der Waals surface area contributed by atoms with Gasteiger partial charge in [-0.2, -0.15) is 4.31 Å². The Kier molecular flexibility index (Phi) is 4.96. The van der Waals surface area contributed by atoms with E-state index in [-0.39, 0.29) is 10.8 Å². The zero-order valence-corrected chi connectivity index (χ0v) is 15.9. The highest BCUT2D eigenvalue weighted by molar-refractivity contribution is 7.89. The summed E-state index contributed by atoms with van der Waals surface area (Å²) >= 11 is 5.95. The minimum absolute atomic E-state index is 0.209. The molecule has 1 N–H and O–H groups in total. The Bertz CT molecular complexity index is 911. The Hall–Kier alpha value is -1.54. The number of aromatic nitrogens is 2. The number of piperidine rings is 1. The molecule has 8 heteroatoms. The molecule has 0 radical (unpaired) electrons. The summed E-state index contributed by atoms with van der Waals surface area (Å²) in [5, 5.41) is 3.75. The molecule has 2 aliphatic heterocycles. The molecule has 0 saturated carbocycles. The van der Waals surface area contributed by atoms with E-state index in [1.54, 1.807) is 18.2 Å². The number of hydrogen-bond acceptors (Lipinski definition) is 5. The van der Waals surface area contributed by atoms with E-state index in [4.69, 9.17) is 16.6 Å². The van der Waals surface area contributed by atoms with Crippen molar-refractivity contribution in [3.05, 3.63) is 52.6 Å². The number of benzene rings is 1. The molecule has 6 nitrogen and oxygen atoms in total. The second-order valence-corrected chi connectivity index (χ2v) is 9.14. The number of rotatable bonds is 3. The molecule has 2 aliphatic rings. The van der Waals surface area contributed by atoms with Crippen LogP contribution in [-0.4, -0.2) is 42.3 Å². The third kappa shape index (κ3) is 3.49. The van der Waals surface area contributed by atoms with Crippen LogP contribution in [0.2, 0.25) is 5.02 Å². The topological polar surface area (TPSA) is 75.2 Å². The summed E-state index contributed by atoms with van der Waals surface area (Å²) in [6, 6.07) is 6.44. The fraction of sp³-hybridized carbons (Fsp3) is 0.444. The lowest BCUT2D eigenvalue weighted by Crippen LogP contribution is -2.38. The van der Waals surface area contributed by atoms with Crippen molar-refractivity contribution in [1.29, 1.82) is 0 Å². The van der Waals surface area contributed by atoms with Crippen LogP contribution in [0.15, 0.2) is 35.4 Å². The maximum atomic E-state index is 12.8. The first-order valence-electron chi connectivity index (χ1n) is 8.85. The van der Waals surface area contributed by atoms with E-state index in [0.29, 0.717) is 18.1 Å². The van der Waals surface area contributed by atoms with Crippen molar-refractivity contribution < 1.29 is 8.42 Å². The number of fused-ring (bicyclic) bond motifs is 1. The van der Waals surface area contributed by atoms with E-state index in [9.17, 15) is 8.42 Å². The minimum atomic E-state index is -3.50. The smallest absolute Gasteiger partial charge is 0.243 e. The molecule has 0 spiro atoms. The summed E-state index contributed by atoms with van der Waals surface area (Å²) in [6.07, 6.45) is 4.30. The van der Waals surface area contributed by atoms with E-state index in [1.807, 2.05) is 6.20 Å². The minimum Gasteiger partial charge on any atom is -0.312 e. The molecule has 4 rings (SSSR count). The van der Waals surface area contributed by atoms with Gasteiger partial charge in [0.15, 0.2) is 0 Å². The maximum Gasteiger partial charge on any atom is 0.243 e. The lowest BCUT2D eigenvalue weighted by Gasteiger charge is -2.31. The van der Waals surface area contributed by atoms with Crippen molar-refractivity contribution in [3.63, 3.8) is 0 Å². The maximum absolute atomic E-state index is 12.8. The van der Waals surface area contributed by atoms with Crippen molar-refractivity contribution in [2.45, 2.75) is 36.6 Å². The van der Waals surface area contributed by atoms with Gasteiger partial charge in [0, 0.05) is 61.0 Å². The van der Waals surface area contributed by atoms with E-state index in [2.05, 4.69) is 10.3 Å². The average molecular weight is 393 g/mol. The third-order valence-corrected chi connectivity index (χ3v) is 7.21. The van der Waals surface area contributed by atoms with Crippen LogP contribution in [0.3, 0.4) is 0 Å². The highest BCUT2D eigenvalue weighted by Gasteiger charge is 2.31. The van der Waals surface area contributed by atoms with E-state index >= 15 is 0 Å². The summed E-state index contributed by atoms with van der Waals surface area (Å²) in [4.78, 5) is 9.54. The van der Waals surface area contributed by atoms with Gasteiger partial charge in [-0.1, -0.05) is 17.7 Å². The molecule has 1 aromatic heterocycles. The van der Waals surface area contributed by atoms with Crippen molar-refractivity contribution >= 4 is 21.6 Å². The van der Waals surface area contributed by atoms with Gasteiger partial charge in [0.1, 0.15) is 5.82 Å². The van der Waals surface area contributed by atoms with Gasteiger partial charge in [-0.05, 0) is 31.0 Å². The second kappa shape index (κ2) is 7.23. The number of nitrogens with zero attached hydrogens (tertiary/aromatic N) is 3. The normalized spacial score (nSPS) is 19.3. The Morgan fingerprint density at radius 2 is 2.04 bits per heavy atom. The van der Waals surface area contributed by atoms with Crippen LogP contribution in [0.5, 0.6) is 0 Å². The van der Waals surface area contributed by atoms with E-state index < -0.39 is 10.0 Å². The van der Waals surface area contributed by atoms with Gasteiger partial charge in [0.05, 0.1) is 4.90 Å². The molecule has 0 amide bonds. The molecule has 0 atom stereocenters. The molecule has 1 aromatic carbocycles. The van der Waals surface area contributed by atoms with Crippen molar-refractivity contribution in [3.8, 4) is 0 Å². The lowest BCUT2D eigenvalue weighted by atomic mass is 9.96. The van der Waals surface area contributed by atoms with Crippen molar-refractivity contribution in [2.24, 2.45) is 0 Å². The van der Waals surface area contributed by atoms with Crippen LogP contribution in [0.4, 0.5) is 0 Å². The summed E-state index contributed by atoms with van der Waals surface area (Å²) in [7, 11) is -3.50. The molecule has 0 aliphatic carbocycles. The van der Waals surface area contributed by atoms with Gasteiger partial charge in [-0.15, -0.1) is 0 Å². The van der Waals surface area contributed by atoms with Gasteiger partial charge in [0.25, 0.3) is 0 Å². The molecule has 0 unspecified atom stereocenters. The van der Waals surface area contributed by atoms with Gasteiger partial charge in [-0.25, -0.2) is 18.4 Å². The molecule has 2 aromatic rings. The lowest BCUT2D eigenvalue weighted by molar-refractivity contribution is 0.313.